The topological polar surface area (TPSA) is 66.5 Å². The van der Waals surface area contributed by atoms with E-state index in [2.05, 4.69) is 5.32 Å². The molecule has 1 amide bonds. The Bertz CT molecular complexity index is 857. The van der Waals surface area contributed by atoms with Gasteiger partial charge >= 0.3 is 0 Å². The summed E-state index contributed by atoms with van der Waals surface area (Å²) in [5, 5.41) is 3.31. The number of benzene rings is 2. The lowest BCUT2D eigenvalue weighted by molar-refractivity contribution is -0.120. The second-order valence-corrected chi connectivity index (χ2v) is 8.29. The molecule has 0 bridgehead atoms. The average Bonchev–Trinajstić information content (AvgIpc) is 2.55. The van der Waals surface area contributed by atoms with E-state index in [1.165, 1.54) is 18.2 Å². The van der Waals surface area contributed by atoms with Gasteiger partial charge in [0, 0.05) is 0 Å². The highest BCUT2D eigenvalue weighted by molar-refractivity contribution is 7.92. The molecule has 1 N–H and O–H groups in total. The van der Waals surface area contributed by atoms with Crippen molar-refractivity contribution in [1.82, 2.24) is 5.32 Å². The summed E-state index contributed by atoms with van der Waals surface area (Å²) in [6, 6.07) is 13.6. The third-order valence-electron chi connectivity index (χ3n) is 3.56. The molecule has 0 fully saturated rings. The SMILES string of the molecule is C[C@H](NC(=O)CN(c1ccc(Cl)c(Cl)c1)S(C)(=O)=O)c1ccccc1. The Morgan fingerprint density at radius 2 is 1.76 bits per heavy atom. The normalized spacial score (nSPS) is 12.5. The molecule has 0 unspecified atom stereocenters. The maximum Gasteiger partial charge on any atom is 0.241 e. The molecule has 0 aliphatic rings. The van der Waals surface area contributed by atoms with Crippen LogP contribution in [0.25, 0.3) is 0 Å². The molecule has 0 aliphatic carbocycles. The quantitative estimate of drug-likeness (QED) is 0.804. The van der Waals surface area contributed by atoms with Crippen molar-refractivity contribution >= 4 is 44.8 Å². The second-order valence-electron chi connectivity index (χ2n) is 5.57. The number of halogens is 2. The molecule has 1 atom stereocenters. The van der Waals surface area contributed by atoms with E-state index in [0.717, 1.165) is 16.1 Å². The summed E-state index contributed by atoms with van der Waals surface area (Å²) >= 11 is 11.8. The summed E-state index contributed by atoms with van der Waals surface area (Å²) in [5.74, 6) is -0.423. The van der Waals surface area contributed by atoms with Gasteiger partial charge in [0.25, 0.3) is 0 Å². The van der Waals surface area contributed by atoms with Gasteiger partial charge in [-0.3, -0.25) is 9.10 Å². The Balaban J connectivity index is 2.17. The first-order valence-corrected chi connectivity index (χ1v) is 10.1. The smallest absolute Gasteiger partial charge is 0.241 e. The number of rotatable bonds is 6. The number of anilines is 1. The van der Waals surface area contributed by atoms with Crippen LogP contribution < -0.4 is 9.62 Å². The summed E-state index contributed by atoms with van der Waals surface area (Å²) in [7, 11) is -3.67. The molecule has 0 spiro atoms. The molecule has 0 heterocycles. The van der Waals surface area contributed by atoms with Gasteiger partial charge in [-0.25, -0.2) is 8.42 Å². The minimum Gasteiger partial charge on any atom is -0.348 e. The van der Waals surface area contributed by atoms with Gasteiger partial charge in [-0.15, -0.1) is 0 Å². The zero-order chi connectivity index (χ0) is 18.6. The minimum atomic E-state index is -3.67. The summed E-state index contributed by atoms with van der Waals surface area (Å²) in [6.07, 6.45) is 1.03. The van der Waals surface area contributed by atoms with E-state index in [9.17, 15) is 13.2 Å². The molecule has 2 rings (SSSR count). The van der Waals surface area contributed by atoms with E-state index in [0.29, 0.717) is 5.02 Å². The third-order valence-corrected chi connectivity index (χ3v) is 5.44. The third kappa shape index (κ3) is 5.36. The molecule has 134 valence electrons. The number of nitrogens with one attached hydrogen (secondary N) is 1. The highest BCUT2D eigenvalue weighted by atomic mass is 35.5. The first-order valence-electron chi connectivity index (χ1n) is 7.45. The van der Waals surface area contributed by atoms with Crippen LogP contribution in [-0.4, -0.2) is 27.1 Å². The van der Waals surface area contributed by atoms with Crippen LogP contribution in [0.2, 0.25) is 10.0 Å². The first kappa shape index (κ1) is 19.6. The van der Waals surface area contributed by atoms with E-state index < -0.39 is 15.9 Å². The van der Waals surface area contributed by atoms with Crippen LogP contribution in [0.15, 0.2) is 48.5 Å². The number of sulfonamides is 1. The fraction of sp³-hybridized carbons (Fsp3) is 0.235. The Morgan fingerprint density at radius 1 is 1.12 bits per heavy atom. The summed E-state index contributed by atoms with van der Waals surface area (Å²) in [4.78, 5) is 12.3. The predicted molar refractivity (Wildman–Crippen MR) is 102 cm³/mol. The van der Waals surface area contributed by atoms with Crippen molar-refractivity contribution < 1.29 is 13.2 Å². The molecular weight excluding hydrogens is 383 g/mol. The number of hydrogen-bond donors (Lipinski definition) is 1. The van der Waals surface area contributed by atoms with Crippen molar-refractivity contribution in [1.29, 1.82) is 0 Å². The largest absolute Gasteiger partial charge is 0.348 e. The molecule has 0 saturated carbocycles. The van der Waals surface area contributed by atoms with Gasteiger partial charge in [0.05, 0.1) is 28.0 Å². The Morgan fingerprint density at radius 3 is 2.32 bits per heavy atom. The van der Waals surface area contributed by atoms with E-state index >= 15 is 0 Å². The molecule has 5 nitrogen and oxygen atoms in total. The van der Waals surface area contributed by atoms with Crippen LogP contribution >= 0.6 is 23.2 Å². The number of carbonyl (C=O) groups excluding carboxylic acids is 1. The first-order chi connectivity index (χ1) is 11.7. The lowest BCUT2D eigenvalue weighted by Gasteiger charge is -2.23. The Labute approximate surface area is 157 Å². The van der Waals surface area contributed by atoms with Crippen LogP contribution in [0.1, 0.15) is 18.5 Å². The van der Waals surface area contributed by atoms with Crippen molar-refractivity contribution in [2.75, 3.05) is 17.1 Å². The van der Waals surface area contributed by atoms with Gasteiger partial charge < -0.3 is 5.32 Å². The van der Waals surface area contributed by atoms with Crippen LogP contribution in [0.5, 0.6) is 0 Å². The number of carbonyl (C=O) groups is 1. The predicted octanol–water partition coefficient (Wildman–Crippen LogP) is 3.64. The molecule has 0 saturated heterocycles. The monoisotopic (exact) mass is 400 g/mol. The zero-order valence-electron chi connectivity index (χ0n) is 13.7. The van der Waals surface area contributed by atoms with Crippen molar-refractivity contribution in [2.45, 2.75) is 13.0 Å². The molecule has 2 aromatic carbocycles. The van der Waals surface area contributed by atoms with Crippen molar-refractivity contribution in [3.8, 4) is 0 Å². The standard InChI is InChI=1S/C17H18Cl2N2O3S/c1-12(13-6-4-3-5-7-13)20-17(22)11-21(25(2,23)24)14-8-9-15(18)16(19)10-14/h3-10,12H,11H2,1-2H3,(H,20,22)/t12-/m0/s1. The molecule has 8 heteroatoms. The molecule has 0 aromatic heterocycles. The molecular formula is C17H18Cl2N2O3S. The number of hydrogen-bond acceptors (Lipinski definition) is 3. The summed E-state index contributed by atoms with van der Waals surface area (Å²) in [6.45, 7) is 1.48. The van der Waals surface area contributed by atoms with E-state index in [-0.39, 0.29) is 23.3 Å². The maximum absolute atomic E-state index is 12.3. The van der Waals surface area contributed by atoms with Crippen molar-refractivity contribution in [3.63, 3.8) is 0 Å². The highest BCUT2D eigenvalue weighted by Gasteiger charge is 2.22. The maximum atomic E-state index is 12.3. The van der Waals surface area contributed by atoms with Gasteiger partial charge in [-0.2, -0.15) is 0 Å². The van der Waals surface area contributed by atoms with Gasteiger partial charge in [0.15, 0.2) is 0 Å². The molecule has 2 aromatic rings. The van der Waals surface area contributed by atoms with Gasteiger partial charge in [-0.05, 0) is 30.7 Å². The molecule has 25 heavy (non-hydrogen) atoms. The highest BCUT2D eigenvalue weighted by Crippen LogP contribution is 2.28. The van der Waals surface area contributed by atoms with E-state index in [4.69, 9.17) is 23.2 Å². The summed E-state index contributed by atoms with van der Waals surface area (Å²) < 4.78 is 25.2. The average molecular weight is 401 g/mol. The Hall–Kier alpha value is -1.76. The lowest BCUT2D eigenvalue weighted by atomic mass is 10.1. The minimum absolute atomic E-state index is 0.214. The fourth-order valence-electron chi connectivity index (χ4n) is 2.28. The van der Waals surface area contributed by atoms with Crippen LogP contribution in [0.4, 0.5) is 5.69 Å². The van der Waals surface area contributed by atoms with E-state index in [1.54, 1.807) is 0 Å². The molecule has 0 radical (unpaired) electrons. The fourth-order valence-corrected chi connectivity index (χ4v) is 3.42. The van der Waals surface area contributed by atoms with E-state index in [1.807, 2.05) is 37.3 Å². The zero-order valence-corrected chi connectivity index (χ0v) is 16.1. The van der Waals surface area contributed by atoms with Gasteiger partial charge in [0.2, 0.25) is 15.9 Å². The van der Waals surface area contributed by atoms with Crippen LogP contribution in [-0.2, 0) is 14.8 Å². The lowest BCUT2D eigenvalue weighted by Crippen LogP contribution is -2.41. The van der Waals surface area contributed by atoms with Gasteiger partial charge in [-0.1, -0.05) is 53.5 Å². The second kappa shape index (κ2) is 8.08. The molecule has 0 aliphatic heterocycles. The summed E-state index contributed by atoms with van der Waals surface area (Å²) in [5.41, 5.74) is 1.20. The van der Waals surface area contributed by atoms with Gasteiger partial charge in [0.1, 0.15) is 6.54 Å². The Kier molecular flexibility index (Phi) is 6.32. The number of nitrogens with zero attached hydrogens (tertiary/aromatic N) is 1. The van der Waals surface area contributed by atoms with Crippen molar-refractivity contribution in [3.05, 3.63) is 64.1 Å². The number of amides is 1. The van der Waals surface area contributed by atoms with Crippen LogP contribution in [0, 0.1) is 0 Å². The van der Waals surface area contributed by atoms with Crippen molar-refractivity contribution in [2.24, 2.45) is 0 Å². The van der Waals surface area contributed by atoms with Crippen LogP contribution in [0.3, 0.4) is 0 Å².